The molecule has 3 nitrogen and oxygen atoms in total. The van der Waals surface area contributed by atoms with E-state index in [0.717, 1.165) is 25.2 Å². The van der Waals surface area contributed by atoms with Crippen molar-refractivity contribution in [1.82, 2.24) is 9.88 Å². The quantitative estimate of drug-likeness (QED) is 0.923. The van der Waals surface area contributed by atoms with Gasteiger partial charge in [0.05, 0.1) is 16.8 Å². The van der Waals surface area contributed by atoms with E-state index >= 15 is 0 Å². The minimum atomic E-state index is 0.630. The van der Waals surface area contributed by atoms with Crippen molar-refractivity contribution in [3.05, 3.63) is 29.3 Å². The van der Waals surface area contributed by atoms with Gasteiger partial charge in [-0.3, -0.25) is 4.90 Å². The van der Waals surface area contributed by atoms with Crippen molar-refractivity contribution in [3.63, 3.8) is 0 Å². The van der Waals surface area contributed by atoms with E-state index in [1.807, 2.05) is 11.3 Å². The van der Waals surface area contributed by atoms with Crippen LogP contribution in [0.15, 0.2) is 24.3 Å². The molecule has 18 heavy (non-hydrogen) atoms. The summed E-state index contributed by atoms with van der Waals surface area (Å²) in [5, 5.41) is 1.22. The largest absolute Gasteiger partial charge is 0.330 e. The SMILES string of the molecule is CC1CC(CN)CN1Cc1nc2ccccc2s1. The van der Waals surface area contributed by atoms with Gasteiger partial charge in [-0.25, -0.2) is 4.98 Å². The second-order valence-electron chi connectivity index (χ2n) is 5.19. The highest BCUT2D eigenvalue weighted by atomic mass is 32.1. The highest BCUT2D eigenvalue weighted by Crippen LogP contribution is 2.27. The molecule has 1 fully saturated rings. The van der Waals surface area contributed by atoms with Crippen LogP contribution in [0.3, 0.4) is 0 Å². The van der Waals surface area contributed by atoms with Gasteiger partial charge in [-0.15, -0.1) is 11.3 Å². The van der Waals surface area contributed by atoms with Crippen LogP contribution in [-0.2, 0) is 6.54 Å². The van der Waals surface area contributed by atoms with Gasteiger partial charge in [0.15, 0.2) is 0 Å². The molecule has 1 aromatic heterocycles. The van der Waals surface area contributed by atoms with Crippen molar-refractivity contribution in [2.45, 2.75) is 25.9 Å². The predicted molar refractivity (Wildman–Crippen MR) is 76.7 cm³/mol. The Hall–Kier alpha value is -0.970. The Balaban J connectivity index is 1.76. The summed E-state index contributed by atoms with van der Waals surface area (Å²) in [6, 6.07) is 8.99. The molecule has 2 aromatic rings. The molecule has 2 unspecified atom stereocenters. The number of hydrogen-bond donors (Lipinski definition) is 1. The van der Waals surface area contributed by atoms with Gasteiger partial charge < -0.3 is 5.73 Å². The summed E-state index contributed by atoms with van der Waals surface area (Å²) >= 11 is 1.81. The molecular weight excluding hydrogens is 242 g/mol. The van der Waals surface area contributed by atoms with E-state index in [4.69, 9.17) is 10.7 Å². The van der Waals surface area contributed by atoms with Crippen molar-refractivity contribution >= 4 is 21.6 Å². The maximum Gasteiger partial charge on any atom is 0.108 e. The van der Waals surface area contributed by atoms with Crippen LogP contribution in [-0.4, -0.2) is 29.0 Å². The third kappa shape index (κ3) is 2.28. The Bertz CT molecular complexity index is 504. The lowest BCUT2D eigenvalue weighted by Crippen LogP contribution is -2.27. The molecular formula is C14H19N3S. The van der Waals surface area contributed by atoms with Crippen LogP contribution >= 0.6 is 11.3 Å². The topological polar surface area (TPSA) is 42.1 Å². The molecule has 0 radical (unpaired) electrons. The zero-order valence-corrected chi connectivity index (χ0v) is 11.5. The molecule has 1 aromatic carbocycles. The monoisotopic (exact) mass is 261 g/mol. The van der Waals surface area contributed by atoms with E-state index in [0.29, 0.717) is 12.0 Å². The third-order valence-corrected chi connectivity index (χ3v) is 4.82. The molecule has 3 rings (SSSR count). The first-order valence-corrected chi connectivity index (χ1v) is 7.36. The van der Waals surface area contributed by atoms with Gasteiger partial charge in [0, 0.05) is 12.6 Å². The second-order valence-corrected chi connectivity index (χ2v) is 6.31. The van der Waals surface area contributed by atoms with Gasteiger partial charge in [-0.2, -0.15) is 0 Å². The first kappa shape index (κ1) is 12.1. The van der Waals surface area contributed by atoms with Crippen molar-refractivity contribution < 1.29 is 0 Å². The molecule has 0 amide bonds. The van der Waals surface area contributed by atoms with E-state index in [1.54, 1.807) is 0 Å². The first-order valence-electron chi connectivity index (χ1n) is 6.55. The lowest BCUT2D eigenvalue weighted by molar-refractivity contribution is 0.255. The molecule has 2 heterocycles. The Morgan fingerprint density at radius 3 is 3.00 bits per heavy atom. The average molecular weight is 261 g/mol. The standard InChI is InChI=1S/C14H19N3S/c1-10-6-11(7-15)8-17(10)9-14-16-12-4-2-3-5-13(12)18-14/h2-5,10-11H,6-9,15H2,1H3. The molecule has 0 saturated carbocycles. The predicted octanol–water partition coefficient (Wildman–Crippen LogP) is 2.47. The summed E-state index contributed by atoms with van der Waals surface area (Å²) < 4.78 is 1.29. The summed E-state index contributed by atoms with van der Waals surface area (Å²) in [4.78, 5) is 7.22. The molecule has 96 valence electrons. The normalized spacial score (nSPS) is 25.0. The van der Waals surface area contributed by atoms with Gasteiger partial charge in [0.25, 0.3) is 0 Å². The summed E-state index contributed by atoms with van der Waals surface area (Å²) in [6.07, 6.45) is 1.22. The number of hydrogen-bond acceptors (Lipinski definition) is 4. The van der Waals surface area contributed by atoms with Crippen molar-refractivity contribution in [3.8, 4) is 0 Å². The van der Waals surface area contributed by atoms with Crippen LogP contribution in [0, 0.1) is 5.92 Å². The summed E-state index contributed by atoms with van der Waals surface area (Å²) in [5.74, 6) is 0.661. The summed E-state index contributed by atoms with van der Waals surface area (Å²) in [5.41, 5.74) is 6.90. The van der Waals surface area contributed by atoms with E-state index in [9.17, 15) is 0 Å². The first-order chi connectivity index (χ1) is 8.76. The number of fused-ring (bicyclic) bond motifs is 1. The lowest BCUT2D eigenvalue weighted by Gasteiger charge is -2.19. The van der Waals surface area contributed by atoms with Gasteiger partial charge in [0.1, 0.15) is 5.01 Å². The zero-order valence-electron chi connectivity index (χ0n) is 10.7. The van der Waals surface area contributed by atoms with Gasteiger partial charge in [-0.1, -0.05) is 12.1 Å². The van der Waals surface area contributed by atoms with Crippen LogP contribution in [0.5, 0.6) is 0 Å². The molecule has 2 atom stereocenters. The molecule has 1 aliphatic heterocycles. The Kier molecular flexibility index (Phi) is 3.33. The van der Waals surface area contributed by atoms with Crippen LogP contribution in [0.1, 0.15) is 18.4 Å². The van der Waals surface area contributed by atoms with E-state index in [-0.39, 0.29) is 0 Å². The molecule has 2 N–H and O–H groups in total. The number of thiazole rings is 1. The smallest absolute Gasteiger partial charge is 0.108 e. The Morgan fingerprint density at radius 1 is 1.44 bits per heavy atom. The number of likely N-dealkylation sites (tertiary alicyclic amines) is 1. The van der Waals surface area contributed by atoms with Crippen molar-refractivity contribution in [1.29, 1.82) is 0 Å². The van der Waals surface area contributed by atoms with Crippen LogP contribution in [0.2, 0.25) is 0 Å². The van der Waals surface area contributed by atoms with Gasteiger partial charge in [0.2, 0.25) is 0 Å². The van der Waals surface area contributed by atoms with Crippen LogP contribution in [0.25, 0.3) is 10.2 Å². The van der Waals surface area contributed by atoms with Gasteiger partial charge >= 0.3 is 0 Å². The highest BCUT2D eigenvalue weighted by Gasteiger charge is 2.28. The molecule has 0 aliphatic carbocycles. The Labute approximate surface area is 112 Å². The third-order valence-electron chi connectivity index (χ3n) is 3.80. The van der Waals surface area contributed by atoms with E-state index in [1.165, 1.54) is 16.1 Å². The molecule has 0 spiro atoms. The fraction of sp³-hybridized carbons (Fsp3) is 0.500. The minimum absolute atomic E-state index is 0.630. The van der Waals surface area contributed by atoms with E-state index in [2.05, 4.69) is 36.1 Å². The zero-order chi connectivity index (χ0) is 12.5. The molecule has 1 saturated heterocycles. The molecule has 1 aliphatic rings. The highest BCUT2D eigenvalue weighted by molar-refractivity contribution is 7.18. The lowest BCUT2D eigenvalue weighted by atomic mass is 10.1. The second kappa shape index (κ2) is 4.96. The van der Waals surface area contributed by atoms with Crippen LogP contribution < -0.4 is 5.73 Å². The fourth-order valence-corrected chi connectivity index (χ4v) is 3.76. The fourth-order valence-electron chi connectivity index (χ4n) is 2.77. The number of para-hydroxylation sites is 1. The summed E-state index contributed by atoms with van der Waals surface area (Å²) in [6.45, 7) is 5.19. The van der Waals surface area contributed by atoms with Crippen LogP contribution in [0.4, 0.5) is 0 Å². The maximum absolute atomic E-state index is 5.77. The van der Waals surface area contributed by atoms with Crippen molar-refractivity contribution in [2.24, 2.45) is 11.7 Å². The molecule has 4 heteroatoms. The summed E-state index contributed by atoms with van der Waals surface area (Å²) in [7, 11) is 0. The van der Waals surface area contributed by atoms with Crippen molar-refractivity contribution in [2.75, 3.05) is 13.1 Å². The average Bonchev–Trinajstić information content (AvgIpc) is 2.93. The van der Waals surface area contributed by atoms with Gasteiger partial charge in [-0.05, 0) is 37.9 Å². The number of rotatable bonds is 3. The number of aromatic nitrogens is 1. The number of benzene rings is 1. The number of nitrogens with two attached hydrogens (primary N) is 1. The maximum atomic E-state index is 5.77. The number of nitrogens with zero attached hydrogens (tertiary/aromatic N) is 2. The van der Waals surface area contributed by atoms with E-state index < -0.39 is 0 Å². The molecule has 0 bridgehead atoms. The Morgan fingerprint density at radius 2 is 2.28 bits per heavy atom. The minimum Gasteiger partial charge on any atom is -0.330 e.